The van der Waals surface area contributed by atoms with E-state index in [0.717, 1.165) is 30.8 Å². The molecule has 30 heavy (non-hydrogen) atoms. The number of nitrogens with zero attached hydrogens (tertiary/aromatic N) is 2. The molecule has 0 aliphatic carbocycles. The molecule has 3 saturated heterocycles. The summed E-state index contributed by atoms with van der Waals surface area (Å²) in [5.74, 6) is -0.698. The molecule has 4 aliphatic heterocycles. The Balaban J connectivity index is 1.29. The van der Waals surface area contributed by atoms with Gasteiger partial charge in [-0.05, 0) is 62.4 Å². The normalized spacial score (nSPS) is 29.9. The molecular formula is C23H30N4O3. The zero-order valence-corrected chi connectivity index (χ0v) is 17.4. The van der Waals surface area contributed by atoms with Crippen molar-refractivity contribution in [1.82, 2.24) is 20.4 Å². The third-order valence-corrected chi connectivity index (χ3v) is 7.21. The molecule has 1 aromatic rings. The van der Waals surface area contributed by atoms with Gasteiger partial charge in [-0.2, -0.15) is 0 Å². The fraction of sp³-hybridized carbons (Fsp3) is 0.609. The van der Waals surface area contributed by atoms with Crippen molar-refractivity contribution in [3.05, 3.63) is 34.9 Å². The van der Waals surface area contributed by atoms with Gasteiger partial charge in [-0.1, -0.05) is 18.6 Å². The highest BCUT2D eigenvalue weighted by atomic mass is 16.2. The number of carbonyl (C=O) groups is 3. The van der Waals surface area contributed by atoms with Crippen LogP contribution in [0.15, 0.2) is 18.2 Å². The van der Waals surface area contributed by atoms with Gasteiger partial charge in [0, 0.05) is 37.2 Å². The highest BCUT2D eigenvalue weighted by molar-refractivity contribution is 6.05. The van der Waals surface area contributed by atoms with E-state index >= 15 is 0 Å². The fourth-order valence-electron chi connectivity index (χ4n) is 5.65. The molecule has 0 bridgehead atoms. The first kappa shape index (κ1) is 19.7. The molecule has 0 aromatic heterocycles. The molecule has 7 heteroatoms. The number of rotatable bonds is 4. The van der Waals surface area contributed by atoms with Gasteiger partial charge < -0.3 is 10.2 Å². The second-order valence-corrected chi connectivity index (χ2v) is 9.13. The smallest absolute Gasteiger partial charge is 0.255 e. The molecule has 5 rings (SSSR count). The zero-order chi connectivity index (χ0) is 20.7. The van der Waals surface area contributed by atoms with Crippen LogP contribution in [0.3, 0.4) is 0 Å². The van der Waals surface area contributed by atoms with Crippen molar-refractivity contribution in [2.75, 3.05) is 13.1 Å². The van der Waals surface area contributed by atoms with Crippen molar-refractivity contribution in [2.45, 2.75) is 76.2 Å². The molecule has 3 unspecified atom stereocenters. The highest BCUT2D eigenvalue weighted by Crippen LogP contribution is 2.30. The topological polar surface area (TPSA) is 81.8 Å². The molecule has 3 amide bonds. The lowest BCUT2D eigenvalue weighted by Crippen LogP contribution is -2.52. The predicted molar refractivity (Wildman–Crippen MR) is 112 cm³/mol. The van der Waals surface area contributed by atoms with Crippen LogP contribution in [0.25, 0.3) is 0 Å². The van der Waals surface area contributed by atoms with Gasteiger partial charge in [0.1, 0.15) is 6.04 Å². The third kappa shape index (κ3) is 3.65. The van der Waals surface area contributed by atoms with Gasteiger partial charge in [-0.3, -0.25) is 24.6 Å². The van der Waals surface area contributed by atoms with E-state index in [0.29, 0.717) is 30.6 Å². The summed E-state index contributed by atoms with van der Waals surface area (Å²) in [6.45, 7) is 3.54. The molecule has 3 atom stereocenters. The molecule has 0 spiro atoms. The Morgan fingerprint density at radius 1 is 1.03 bits per heavy atom. The number of carbonyl (C=O) groups excluding carboxylic acids is 3. The van der Waals surface area contributed by atoms with Crippen LogP contribution < -0.4 is 10.6 Å². The number of amides is 3. The highest BCUT2D eigenvalue weighted by Gasteiger charge is 2.39. The molecule has 7 nitrogen and oxygen atoms in total. The molecule has 3 fully saturated rings. The van der Waals surface area contributed by atoms with Crippen LogP contribution in [0.4, 0.5) is 0 Å². The number of hydrogen-bond acceptors (Lipinski definition) is 5. The van der Waals surface area contributed by atoms with E-state index in [4.69, 9.17) is 0 Å². The van der Waals surface area contributed by atoms with E-state index in [1.807, 2.05) is 12.1 Å². The van der Waals surface area contributed by atoms with Crippen LogP contribution in [0, 0.1) is 0 Å². The number of nitrogens with one attached hydrogen (secondary N) is 2. The van der Waals surface area contributed by atoms with E-state index in [1.54, 1.807) is 4.90 Å². The maximum atomic E-state index is 13.1. The minimum atomic E-state index is -0.550. The third-order valence-electron chi connectivity index (χ3n) is 7.21. The summed E-state index contributed by atoms with van der Waals surface area (Å²) in [5, 5.41) is 6.08. The molecular weight excluding hydrogens is 380 g/mol. The lowest BCUT2D eigenvalue weighted by molar-refractivity contribution is -0.136. The van der Waals surface area contributed by atoms with Gasteiger partial charge in [-0.15, -0.1) is 0 Å². The van der Waals surface area contributed by atoms with E-state index in [9.17, 15) is 14.4 Å². The average Bonchev–Trinajstić information content (AvgIpc) is 3.34. The summed E-state index contributed by atoms with van der Waals surface area (Å²) in [6, 6.07) is 6.80. The number of hydrogen-bond donors (Lipinski definition) is 2. The molecule has 4 aliphatic rings. The number of fused-ring (bicyclic) bond motifs is 1. The van der Waals surface area contributed by atoms with Crippen molar-refractivity contribution in [3.63, 3.8) is 0 Å². The van der Waals surface area contributed by atoms with E-state index in [1.165, 1.54) is 32.1 Å². The van der Waals surface area contributed by atoms with Crippen molar-refractivity contribution in [2.24, 2.45) is 0 Å². The Morgan fingerprint density at radius 3 is 2.73 bits per heavy atom. The first-order valence-electron chi connectivity index (χ1n) is 11.3. The first-order valence-corrected chi connectivity index (χ1v) is 11.3. The minimum Gasteiger partial charge on any atom is -0.322 e. The van der Waals surface area contributed by atoms with Crippen LogP contribution in [-0.2, 0) is 22.7 Å². The van der Waals surface area contributed by atoms with Crippen LogP contribution in [0.1, 0.15) is 66.4 Å². The SMILES string of the molecule is O=C1CCC(N2Cc3ccc(CN4CCCC4C4CCCCN4)cc3C2=O)C(=O)N1. The first-order chi connectivity index (χ1) is 14.6. The average molecular weight is 411 g/mol. The lowest BCUT2D eigenvalue weighted by atomic mass is 9.96. The largest absolute Gasteiger partial charge is 0.322 e. The Labute approximate surface area is 177 Å². The monoisotopic (exact) mass is 410 g/mol. The van der Waals surface area contributed by atoms with E-state index < -0.39 is 6.04 Å². The van der Waals surface area contributed by atoms with Crippen LogP contribution in [-0.4, -0.2) is 58.7 Å². The van der Waals surface area contributed by atoms with E-state index in [2.05, 4.69) is 21.6 Å². The van der Waals surface area contributed by atoms with E-state index in [-0.39, 0.29) is 24.1 Å². The minimum absolute atomic E-state index is 0.0896. The summed E-state index contributed by atoms with van der Waals surface area (Å²) in [7, 11) is 0. The molecule has 160 valence electrons. The summed E-state index contributed by atoms with van der Waals surface area (Å²) in [5.41, 5.74) is 2.85. The van der Waals surface area contributed by atoms with Gasteiger partial charge in [0.15, 0.2) is 0 Å². The predicted octanol–water partition coefficient (Wildman–Crippen LogP) is 1.55. The molecule has 2 N–H and O–H groups in total. The fourth-order valence-corrected chi connectivity index (χ4v) is 5.65. The van der Waals surface area contributed by atoms with Gasteiger partial charge in [0.05, 0.1) is 0 Å². The zero-order valence-electron chi connectivity index (χ0n) is 17.4. The summed E-state index contributed by atoms with van der Waals surface area (Å²) in [4.78, 5) is 40.9. The van der Waals surface area contributed by atoms with Gasteiger partial charge >= 0.3 is 0 Å². The lowest BCUT2D eigenvalue weighted by Gasteiger charge is -2.35. The van der Waals surface area contributed by atoms with Crippen molar-refractivity contribution in [3.8, 4) is 0 Å². The van der Waals surface area contributed by atoms with Gasteiger partial charge in [0.2, 0.25) is 11.8 Å². The Morgan fingerprint density at radius 2 is 1.93 bits per heavy atom. The van der Waals surface area contributed by atoms with Gasteiger partial charge in [-0.25, -0.2) is 0 Å². The number of likely N-dealkylation sites (tertiary alicyclic amines) is 1. The maximum absolute atomic E-state index is 13.1. The summed E-state index contributed by atoms with van der Waals surface area (Å²) in [6.07, 6.45) is 7.01. The standard InChI is InChI=1S/C23H30N4O3/c28-21-9-8-20(22(29)25-21)27-14-16-7-6-15(12-17(16)23(27)30)13-26-11-3-5-19(26)18-4-1-2-10-24-18/h6-7,12,18-20,24H,1-5,8-11,13-14H2,(H,25,28,29). The Bertz CT molecular complexity index is 864. The second-order valence-electron chi connectivity index (χ2n) is 9.13. The van der Waals surface area contributed by atoms with Crippen LogP contribution in [0.5, 0.6) is 0 Å². The quantitative estimate of drug-likeness (QED) is 0.736. The van der Waals surface area contributed by atoms with Crippen molar-refractivity contribution in [1.29, 1.82) is 0 Å². The Hall–Kier alpha value is -2.25. The molecule has 1 aromatic carbocycles. The van der Waals surface area contributed by atoms with Gasteiger partial charge in [0.25, 0.3) is 5.91 Å². The molecule has 0 saturated carbocycles. The summed E-state index contributed by atoms with van der Waals surface area (Å²) < 4.78 is 0. The number of piperidine rings is 2. The molecule has 0 radical (unpaired) electrons. The Kier molecular flexibility index (Phi) is 5.33. The van der Waals surface area contributed by atoms with Crippen molar-refractivity contribution < 1.29 is 14.4 Å². The van der Waals surface area contributed by atoms with Crippen LogP contribution in [0.2, 0.25) is 0 Å². The maximum Gasteiger partial charge on any atom is 0.255 e. The second kappa shape index (κ2) is 8.12. The molecule has 4 heterocycles. The number of imide groups is 1. The number of benzene rings is 1. The van der Waals surface area contributed by atoms with Crippen LogP contribution >= 0.6 is 0 Å². The summed E-state index contributed by atoms with van der Waals surface area (Å²) >= 11 is 0. The van der Waals surface area contributed by atoms with Crippen molar-refractivity contribution >= 4 is 17.7 Å².